The molecule has 12 heteroatoms. The number of phosphoric acid groups is 1. The third kappa shape index (κ3) is 3.66. The molecular weight excluding hydrogens is 370 g/mol. The smallest absolute Gasteiger partial charge is 0.352 e. The molecule has 0 radical (unpaired) electrons. The minimum Gasteiger partial charge on any atom is -0.352 e. The maximum Gasteiger partial charge on any atom is 0.472 e. The molecular formula is C11H13Cl2N4O5P. The van der Waals surface area contributed by atoms with Crippen LogP contribution in [0.1, 0.15) is 19.1 Å². The average Bonchev–Trinajstić information content (AvgIpc) is 3.11. The van der Waals surface area contributed by atoms with E-state index in [1.807, 2.05) is 0 Å². The lowest BCUT2D eigenvalue weighted by molar-refractivity contribution is -0.0213. The zero-order valence-corrected chi connectivity index (χ0v) is 14.3. The van der Waals surface area contributed by atoms with Crippen LogP contribution in [-0.2, 0) is 18.3 Å². The number of fused-ring (bicyclic) bond motifs is 1. The molecule has 9 nitrogen and oxygen atoms in total. The van der Waals surface area contributed by atoms with Crippen LogP contribution in [0.25, 0.3) is 11.2 Å². The van der Waals surface area contributed by atoms with Gasteiger partial charge in [-0.05, 0) is 24.4 Å². The summed E-state index contributed by atoms with van der Waals surface area (Å²) in [6.07, 6.45) is 2.14. The molecule has 0 bridgehead atoms. The molecule has 3 atom stereocenters. The maximum atomic E-state index is 11.3. The highest BCUT2D eigenvalue weighted by Crippen LogP contribution is 2.43. The first kappa shape index (κ1) is 17.0. The molecule has 0 saturated carbocycles. The van der Waals surface area contributed by atoms with Crippen LogP contribution >= 0.6 is 31.0 Å². The molecule has 2 aromatic rings. The van der Waals surface area contributed by atoms with Crippen molar-refractivity contribution in [2.75, 3.05) is 13.7 Å². The van der Waals surface area contributed by atoms with E-state index in [1.165, 1.54) is 0 Å². The average molecular weight is 383 g/mol. The summed E-state index contributed by atoms with van der Waals surface area (Å²) in [7, 11) is -2.91. The zero-order chi connectivity index (χ0) is 16.6. The van der Waals surface area contributed by atoms with Gasteiger partial charge < -0.3 is 9.63 Å². The van der Waals surface area contributed by atoms with Gasteiger partial charge in [-0.1, -0.05) is 11.6 Å². The largest absolute Gasteiger partial charge is 0.472 e. The van der Waals surface area contributed by atoms with Crippen LogP contribution in [0.2, 0.25) is 10.4 Å². The zero-order valence-electron chi connectivity index (χ0n) is 11.9. The van der Waals surface area contributed by atoms with Crippen LogP contribution in [0.15, 0.2) is 6.33 Å². The second kappa shape index (κ2) is 6.60. The molecule has 3 heterocycles. The molecule has 0 amide bonds. The van der Waals surface area contributed by atoms with E-state index < -0.39 is 7.82 Å². The summed E-state index contributed by atoms with van der Waals surface area (Å²) in [6, 6.07) is 0. The molecule has 1 aliphatic heterocycles. The summed E-state index contributed by atoms with van der Waals surface area (Å²) in [4.78, 5) is 21.3. The number of phosphoric ester groups is 1. The molecule has 0 aliphatic carbocycles. The van der Waals surface area contributed by atoms with Crippen LogP contribution in [0.3, 0.4) is 0 Å². The second-order valence-electron chi connectivity index (χ2n) is 4.84. The van der Waals surface area contributed by atoms with Gasteiger partial charge in [-0.15, -0.1) is 0 Å². The van der Waals surface area contributed by atoms with Crippen molar-refractivity contribution < 1.29 is 23.2 Å². The minimum absolute atomic E-state index is 0.0171. The number of nitrogens with zero attached hydrogens (tertiary/aromatic N) is 4. The summed E-state index contributed by atoms with van der Waals surface area (Å²) in [5.41, 5.74) is 0.893. The van der Waals surface area contributed by atoms with Crippen molar-refractivity contribution in [1.82, 2.24) is 19.5 Å². The first-order valence-electron chi connectivity index (χ1n) is 6.63. The summed E-state index contributed by atoms with van der Waals surface area (Å²) in [5, 5.41) is 0.182. The fourth-order valence-corrected chi connectivity index (χ4v) is 3.19. The number of halogens is 2. The molecule has 1 saturated heterocycles. The van der Waals surface area contributed by atoms with Gasteiger partial charge in [0.1, 0.15) is 11.7 Å². The number of hydrogen-bond donors (Lipinski definition) is 1. The molecule has 126 valence electrons. The molecule has 0 aromatic carbocycles. The number of aromatic nitrogens is 4. The Balaban J connectivity index is 1.73. The van der Waals surface area contributed by atoms with E-state index in [2.05, 4.69) is 19.5 Å². The predicted octanol–water partition coefficient (Wildman–Crippen LogP) is 2.57. The van der Waals surface area contributed by atoms with Crippen molar-refractivity contribution in [3.05, 3.63) is 16.8 Å². The summed E-state index contributed by atoms with van der Waals surface area (Å²) in [5.74, 6) is 0. The summed E-state index contributed by atoms with van der Waals surface area (Å²) >= 11 is 11.8. The Kier molecular flexibility index (Phi) is 4.89. The van der Waals surface area contributed by atoms with Gasteiger partial charge >= 0.3 is 7.82 Å². The van der Waals surface area contributed by atoms with Crippen LogP contribution in [0.5, 0.6) is 0 Å². The van der Waals surface area contributed by atoms with Crippen LogP contribution < -0.4 is 0 Å². The second-order valence-corrected chi connectivity index (χ2v) is 7.10. The van der Waals surface area contributed by atoms with Crippen molar-refractivity contribution in [1.29, 1.82) is 0 Å². The van der Waals surface area contributed by atoms with Crippen molar-refractivity contribution in [3.8, 4) is 0 Å². The number of rotatable bonds is 5. The highest BCUT2D eigenvalue weighted by molar-refractivity contribution is 7.47. The van der Waals surface area contributed by atoms with E-state index in [0.29, 0.717) is 24.0 Å². The molecule has 0 spiro atoms. The Morgan fingerprint density at radius 1 is 1.48 bits per heavy atom. The molecule has 23 heavy (non-hydrogen) atoms. The third-order valence-corrected chi connectivity index (χ3v) is 4.77. The lowest BCUT2D eigenvalue weighted by Crippen LogP contribution is -2.16. The molecule has 1 N–H and O–H groups in total. The first-order valence-corrected chi connectivity index (χ1v) is 8.89. The Bertz CT molecular complexity index is 772. The van der Waals surface area contributed by atoms with E-state index in [0.717, 1.165) is 7.11 Å². The highest BCUT2D eigenvalue weighted by Gasteiger charge is 2.31. The van der Waals surface area contributed by atoms with Crippen molar-refractivity contribution in [3.63, 3.8) is 0 Å². The molecule has 1 fully saturated rings. The maximum absolute atomic E-state index is 11.3. The number of ether oxygens (including phenoxy) is 1. The van der Waals surface area contributed by atoms with E-state index in [4.69, 9.17) is 32.5 Å². The van der Waals surface area contributed by atoms with Crippen molar-refractivity contribution in [2.24, 2.45) is 0 Å². The highest BCUT2D eigenvalue weighted by atomic mass is 35.5. The first-order chi connectivity index (χ1) is 10.9. The Hall–Kier alpha value is -0.800. The Morgan fingerprint density at radius 2 is 2.26 bits per heavy atom. The molecule has 2 aromatic heterocycles. The Labute approximate surface area is 141 Å². The normalized spacial score (nSPS) is 24.2. The topological polar surface area (TPSA) is 109 Å². The van der Waals surface area contributed by atoms with Gasteiger partial charge in [0, 0.05) is 7.11 Å². The van der Waals surface area contributed by atoms with Gasteiger partial charge in [-0.3, -0.25) is 13.6 Å². The van der Waals surface area contributed by atoms with Gasteiger partial charge in [-0.2, -0.15) is 4.98 Å². The van der Waals surface area contributed by atoms with E-state index >= 15 is 0 Å². The standard InChI is InChI=1S/C11H13Cl2N4O5P/c1-20-23(18,19)21-4-6-2-3-7(22-6)17-5-14-8-9(12)15-11(13)16-10(8)17/h5-7H,2-4H2,1H3,(H,18,19). The minimum atomic E-state index is -4.01. The SMILES string of the molecule is COP(=O)(O)OCC1CCC(n2cnc3c(Cl)nc(Cl)nc32)O1. The fourth-order valence-electron chi connectivity index (χ4n) is 2.31. The third-order valence-electron chi connectivity index (χ3n) is 3.40. The van der Waals surface area contributed by atoms with Crippen LogP contribution in [0.4, 0.5) is 0 Å². The van der Waals surface area contributed by atoms with Gasteiger partial charge in [0.25, 0.3) is 0 Å². The summed E-state index contributed by atoms with van der Waals surface area (Å²) in [6.45, 7) is -0.0543. The molecule has 3 unspecified atom stereocenters. The number of imidazole rings is 1. The van der Waals surface area contributed by atoms with Crippen molar-refractivity contribution in [2.45, 2.75) is 25.2 Å². The van der Waals surface area contributed by atoms with Gasteiger partial charge in [0.15, 0.2) is 10.8 Å². The predicted molar refractivity (Wildman–Crippen MR) is 81.3 cm³/mol. The molecule has 1 aliphatic rings. The van der Waals surface area contributed by atoms with Crippen molar-refractivity contribution >= 4 is 42.2 Å². The summed E-state index contributed by atoms with van der Waals surface area (Å²) < 4.78 is 28.0. The Morgan fingerprint density at radius 3 is 3.00 bits per heavy atom. The lowest BCUT2D eigenvalue weighted by atomic mass is 10.2. The van der Waals surface area contributed by atoms with Crippen LogP contribution in [0, 0.1) is 0 Å². The number of hydrogen-bond acceptors (Lipinski definition) is 7. The van der Waals surface area contributed by atoms with E-state index in [1.54, 1.807) is 10.9 Å². The quantitative estimate of drug-likeness (QED) is 0.477. The van der Waals surface area contributed by atoms with Gasteiger partial charge in [0.05, 0.1) is 19.0 Å². The fraction of sp³-hybridized carbons (Fsp3) is 0.545. The monoisotopic (exact) mass is 382 g/mol. The van der Waals surface area contributed by atoms with Gasteiger partial charge in [-0.25, -0.2) is 14.5 Å². The lowest BCUT2D eigenvalue weighted by Gasteiger charge is -2.16. The molecule has 3 rings (SSSR count). The van der Waals surface area contributed by atoms with Gasteiger partial charge in [0.2, 0.25) is 5.28 Å². The van der Waals surface area contributed by atoms with E-state index in [9.17, 15) is 9.46 Å². The van der Waals surface area contributed by atoms with E-state index in [-0.39, 0.29) is 29.4 Å². The van der Waals surface area contributed by atoms with Crippen LogP contribution in [-0.4, -0.2) is 44.2 Å².